The molecule has 25 heavy (non-hydrogen) atoms. The van der Waals surface area contributed by atoms with Crippen LogP contribution in [0, 0.1) is 6.92 Å². The Morgan fingerprint density at radius 3 is 2.76 bits per heavy atom. The predicted molar refractivity (Wildman–Crippen MR) is 97.0 cm³/mol. The maximum absolute atomic E-state index is 12.1. The molecule has 0 aliphatic rings. The summed E-state index contributed by atoms with van der Waals surface area (Å²) in [6.07, 6.45) is 0.296. The van der Waals surface area contributed by atoms with Crippen molar-refractivity contribution in [2.45, 2.75) is 19.8 Å². The van der Waals surface area contributed by atoms with E-state index in [0.717, 1.165) is 10.6 Å². The first kappa shape index (κ1) is 19.1. The second kappa shape index (κ2) is 9.33. The van der Waals surface area contributed by atoms with Crippen LogP contribution in [0.3, 0.4) is 0 Å². The van der Waals surface area contributed by atoms with Gasteiger partial charge in [0.2, 0.25) is 11.0 Å². The molecule has 2 amide bonds. The Bertz CT molecular complexity index is 738. The summed E-state index contributed by atoms with van der Waals surface area (Å²) in [5.74, 6) is -0.0383. The van der Waals surface area contributed by atoms with Gasteiger partial charge in [0.05, 0.1) is 6.54 Å². The number of nitrogens with zero attached hydrogens (tertiary/aromatic N) is 3. The van der Waals surface area contributed by atoms with Gasteiger partial charge >= 0.3 is 6.09 Å². The molecule has 1 N–H and O–H groups in total. The topological polar surface area (TPSA) is 84.4 Å². The van der Waals surface area contributed by atoms with Gasteiger partial charge in [0.1, 0.15) is 11.6 Å². The van der Waals surface area contributed by atoms with Gasteiger partial charge in [0.25, 0.3) is 0 Å². The molecular formula is C16H19ClN4O3S. The zero-order chi connectivity index (χ0) is 18.2. The number of benzene rings is 1. The van der Waals surface area contributed by atoms with Gasteiger partial charge in [-0.2, -0.15) is 0 Å². The van der Waals surface area contributed by atoms with E-state index in [4.69, 9.17) is 16.3 Å². The fraction of sp³-hybridized carbons (Fsp3) is 0.375. The number of hydrogen-bond donors (Lipinski definition) is 1. The average Bonchev–Trinajstić information content (AvgIpc) is 2.98. The van der Waals surface area contributed by atoms with Crippen molar-refractivity contribution >= 4 is 40.1 Å². The molecule has 7 nitrogen and oxygen atoms in total. The lowest BCUT2D eigenvalue weighted by Gasteiger charge is -2.17. The van der Waals surface area contributed by atoms with Crippen molar-refractivity contribution in [3.05, 3.63) is 39.9 Å². The molecule has 134 valence electrons. The molecule has 9 heteroatoms. The van der Waals surface area contributed by atoms with E-state index in [1.54, 1.807) is 20.0 Å². The van der Waals surface area contributed by atoms with Crippen LogP contribution in [-0.2, 0) is 16.0 Å². The summed E-state index contributed by atoms with van der Waals surface area (Å²) in [5, 5.41) is 11.8. The minimum absolute atomic E-state index is 0.0383. The van der Waals surface area contributed by atoms with Crippen LogP contribution in [0.5, 0.6) is 0 Å². The monoisotopic (exact) mass is 382 g/mol. The number of likely N-dealkylation sites (N-methyl/N-ethyl adjacent to an activating group) is 1. The van der Waals surface area contributed by atoms with Crippen LogP contribution in [0.2, 0.25) is 5.02 Å². The Morgan fingerprint density at radius 1 is 1.32 bits per heavy atom. The van der Waals surface area contributed by atoms with Crippen molar-refractivity contribution in [1.82, 2.24) is 15.1 Å². The summed E-state index contributed by atoms with van der Waals surface area (Å²) in [7, 11) is 1.67. The Labute approximate surface area is 155 Å². The van der Waals surface area contributed by atoms with Gasteiger partial charge in [0.15, 0.2) is 0 Å². The molecule has 2 rings (SSSR count). The molecular weight excluding hydrogens is 364 g/mol. The molecule has 1 heterocycles. The number of carbonyl (C=O) groups is 2. The van der Waals surface area contributed by atoms with Gasteiger partial charge in [-0.25, -0.2) is 4.79 Å². The minimum atomic E-state index is -0.618. The first-order valence-electron chi connectivity index (χ1n) is 7.67. The van der Waals surface area contributed by atoms with Gasteiger partial charge in [-0.05, 0) is 25.0 Å². The van der Waals surface area contributed by atoms with Crippen molar-refractivity contribution in [2.75, 3.05) is 25.5 Å². The number of ether oxygens (including phenoxy) is 1. The van der Waals surface area contributed by atoms with E-state index in [9.17, 15) is 9.59 Å². The highest BCUT2D eigenvalue weighted by Gasteiger charge is 2.12. The van der Waals surface area contributed by atoms with Gasteiger partial charge in [-0.3, -0.25) is 10.1 Å². The van der Waals surface area contributed by atoms with E-state index in [-0.39, 0.29) is 12.5 Å². The highest BCUT2D eigenvalue weighted by atomic mass is 35.5. The normalized spacial score (nSPS) is 10.4. The maximum Gasteiger partial charge on any atom is 0.413 e. The molecule has 0 atom stereocenters. The van der Waals surface area contributed by atoms with E-state index < -0.39 is 6.09 Å². The molecule has 0 fully saturated rings. The highest BCUT2D eigenvalue weighted by molar-refractivity contribution is 7.15. The number of nitrogens with one attached hydrogen (secondary N) is 1. The van der Waals surface area contributed by atoms with Crippen molar-refractivity contribution in [3.63, 3.8) is 0 Å². The molecule has 0 saturated carbocycles. The number of hydrogen-bond acceptors (Lipinski definition) is 6. The predicted octanol–water partition coefficient (Wildman–Crippen LogP) is 3.14. The lowest BCUT2D eigenvalue weighted by molar-refractivity contribution is -0.130. The third kappa shape index (κ3) is 6.32. The molecule has 1 aromatic carbocycles. The van der Waals surface area contributed by atoms with E-state index in [1.165, 1.54) is 16.2 Å². The summed E-state index contributed by atoms with van der Waals surface area (Å²) in [4.78, 5) is 25.2. The SMILES string of the molecule is Cc1nnc(NC(=O)OCCN(C)C(=O)CCc2ccccc2Cl)s1. The molecule has 2 aromatic rings. The zero-order valence-corrected chi connectivity index (χ0v) is 15.6. The smallest absolute Gasteiger partial charge is 0.413 e. The van der Waals surface area contributed by atoms with Crippen molar-refractivity contribution in [2.24, 2.45) is 0 Å². The molecule has 0 radical (unpaired) electrons. The molecule has 0 bridgehead atoms. The number of carbonyl (C=O) groups excluding carboxylic acids is 2. The molecule has 0 aliphatic heterocycles. The Balaban J connectivity index is 1.67. The zero-order valence-electron chi connectivity index (χ0n) is 14.0. The van der Waals surface area contributed by atoms with Crippen molar-refractivity contribution < 1.29 is 14.3 Å². The van der Waals surface area contributed by atoms with E-state index in [2.05, 4.69) is 15.5 Å². The van der Waals surface area contributed by atoms with Crippen LogP contribution in [-0.4, -0.2) is 47.3 Å². The van der Waals surface area contributed by atoms with Gasteiger partial charge in [0, 0.05) is 18.5 Å². The van der Waals surface area contributed by atoms with Crippen LogP contribution >= 0.6 is 22.9 Å². The largest absolute Gasteiger partial charge is 0.447 e. The second-order valence-electron chi connectivity index (χ2n) is 5.29. The number of aromatic nitrogens is 2. The average molecular weight is 383 g/mol. The molecule has 0 unspecified atom stereocenters. The fourth-order valence-corrected chi connectivity index (χ4v) is 2.81. The van der Waals surface area contributed by atoms with Crippen LogP contribution in [0.1, 0.15) is 17.0 Å². The summed E-state index contributed by atoms with van der Waals surface area (Å²) < 4.78 is 5.03. The number of halogens is 1. The number of rotatable bonds is 7. The fourth-order valence-electron chi connectivity index (χ4n) is 2.00. The lowest BCUT2D eigenvalue weighted by Crippen LogP contribution is -2.31. The second-order valence-corrected chi connectivity index (χ2v) is 6.88. The third-order valence-electron chi connectivity index (χ3n) is 3.39. The standard InChI is InChI=1S/C16H19ClN4O3S/c1-11-19-20-15(25-11)18-16(23)24-10-9-21(2)14(22)8-7-12-5-3-4-6-13(12)17/h3-6H,7-10H2,1-2H3,(H,18,20,23). The summed E-state index contributed by atoms with van der Waals surface area (Å²) in [6.45, 7) is 2.19. The molecule has 0 spiro atoms. The summed E-state index contributed by atoms with van der Waals surface area (Å²) in [6, 6.07) is 7.45. The highest BCUT2D eigenvalue weighted by Crippen LogP contribution is 2.17. The van der Waals surface area contributed by atoms with Crippen molar-refractivity contribution in [1.29, 1.82) is 0 Å². The van der Waals surface area contributed by atoms with Crippen LogP contribution < -0.4 is 5.32 Å². The van der Waals surface area contributed by atoms with Gasteiger partial charge < -0.3 is 9.64 Å². The number of amides is 2. The van der Waals surface area contributed by atoms with Gasteiger partial charge in [-0.1, -0.05) is 41.1 Å². The van der Waals surface area contributed by atoms with Crippen LogP contribution in [0.15, 0.2) is 24.3 Å². The third-order valence-corrected chi connectivity index (χ3v) is 4.51. The van der Waals surface area contributed by atoms with Crippen molar-refractivity contribution in [3.8, 4) is 0 Å². The Kier molecular flexibility index (Phi) is 7.15. The quantitative estimate of drug-likeness (QED) is 0.795. The lowest BCUT2D eigenvalue weighted by atomic mass is 10.1. The minimum Gasteiger partial charge on any atom is -0.447 e. The molecule has 0 saturated heterocycles. The first-order chi connectivity index (χ1) is 12.0. The first-order valence-corrected chi connectivity index (χ1v) is 8.86. The van der Waals surface area contributed by atoms with Crippen LogP contribution in [0.25, 0.3) is 0 Å². The summed E-state index contributed by atoms with van der Waals surface area (Å²) >= 11 is 7.33. The maximum atomic E-state index is 12.1. The van der Waals surface area contributed by atoms with Gasteiger partial charge in [-0.15, -0.1) is 10.2 Å². The molecule has 0 aliphatic carbocycles. The van der Waals surface area contributed by atoms with E-state index in [1.807, 2.05) is 18.2 Å². The Hall–Kier alpha value is -2.19. The van der Waals surface area contributed by atoms with E-state index in [0.29, 0.717) is 29.5 Å². The molecule has 1 aromatic heterocycles. The van der Waals surface area contributed by atoms with Crippen LogP contribution in [0.4, 0.5) is 9.93 Å². The van der Waals surface area contributed by atoms with E-state index >= 15 is 0 Å². The summed E-state index contributed by atoms with van der Waals surface area (Å²) in [5.41, 5.74) is 0.939. The Morgan fingerprint density at radius 2 is 2.08 bits per heavy atom. The number of aryl methyl sites for hydroxylation is 2. The number of anilines is 1.